The van der Waals surface area contributed by atoms with Crippen molar-refractivity contribution < 1.29 is 0 Å². The van der Waals surface area contributed by atoms with Crippen molar-refractivity contribution in [3.8, 4) is 11.1 Å². The summed E-state index contributed by atoms with van der Waals surface area (Å²) in [6.07, 6.45) is 2.16. The summed E-state index contributed by atoms with van der Waals surface area (Å²) in [5, 5.41) is 1.23. The van der Waals surface area contributed by atoms with Crippen molar-refractivity contribution in [1.29, 1.82) is 0 Å². The van der Waals surface area contributed by atoms with Crippen LogP contribution >= 0.6 is 0 Å². The highest BCUT2D eigenvalue weighted by molar-refractivity contribution is 5.94. The van der Waals surface area contributed by atoms with Gasteiger partial charge in [-0.3, -0.25) is 4.98 Å². The van der Waals surface area contributed by atoms with Gasteiger partial charge >= 0.3 is 0 Å². The number of aromatic nitrogens is 1. The third-order valence-electron chi connectivity index (χ3n) is 3.36. The van der Waals surface area contributed by atoms with Crippen LogP contribution in [0.1, 0.15) is 19.0 Å². The molecule has 0 saturated heterocycles. The summed E-state index contributed by atoms with van der Waals surface area (Å²) in [6, 6.07) is 21.2. The molecule has 0 aliphatic carbocycles. The monoisotopic (exact) mass is 247 g/mol. The maximum absolute atomic E-state index is 4.75. The lowest BCUT2D eigenvalue weighted by molar-refractivity contribution is 0.890. The molecule has 0 N–H and O–H groups in total. The van der Waals surface area contributed by atoms with Crippen LogP contribution in [0.5, 0.6) is 0 Å². The Labute approximate surface area is 113 Å². The summed E-state index contributed by atoms with van der Waals surface area (Å²) >= 11 is 0. The molecule has 0 atom stereocenters. The largest absolute Gasteiger partial charge is 0.253 e. The van der Waals surface area contributed by atoms with Gasteiger partial charge in [-0.15, -0.1) is 0 Å². The van der Waals surface area contributed by atoms with E-state index in [0.717, 1.165) is 18.4 Å². The van der Waals surface area contributed by atoms with Crippen LogP contribution in [-0.2, 0) is 6.42 Å². The number of hydrogen-bond acceptors (Lipinski definition) is 1. The number of rotatable bonds is 3. The molecule has 0 bridgehead atoms. The Bertz CT molecular complexity index is 686. The van der Waals surface area contributed by atoms with Crippen molar-refractivity contribution in [3.05, 3.63) is 66.4 Å². The fraction of sp³-hybridized carbons (Fsp3) is 0.167. The lowest BCUT2D eigenvalue weighted by Crippen LogP contribution is -1.92. The van der Waals surface area contributed by atoms with Crippen molar-refractivity contribution in [2.24, 2.45) is 0 Å². The van der Waals surface area contributed by atoms with Crippen LogP contribution in [0.15, 0.2) is 60.7 Å². The quantitative estimate of drug-likeness (QED) is 0.644. The maximum atomic E-state index is 4.75. The van der Waals surface area contributed by atoms with E-state index in [4.69, 9.17) is 4.98 Å². The molecular formula is C18H17N. The number of aryl methyl sites for hydroxylation is 1. The molecule has 3 rings (SSSR count). The minimum Gasteiger partial charge on any atom is -0.253 e. The van der Waals surface area contributed by atoms with Crippen LogP contribution in [-0.4, -0.2) is 4.98 Å². The molecule has 0 aliphatic rings. The first-order valence-corrected chi connectivity index (χ1v) is 6.82. The highest BCUT2D eigenvalue weighted by atomic mass is 14.7. The Kier molecular flexibility index (Phi) is 3.28. The van der Waals surface area contributed by atoms with E-state index in [9.17, 15) is 0 Å². The van der Waals surface area contributed by atoms with Gasteiger partial charge in [0.1, 0.15) is 0 Å². The third kappa shape index (κ3) is 2.37. The zero-order valence-electron chi connectivity index (χ0n) is 11.1. The molecular weight excluding hydrogens is 230 g/mol. The molecule has 19 heavy (non-hydrogen) atoms. The molecule has 3 aromatic rings. The molecule has 0 fully saturated rings. The summed E-state index contributed by atoms with van der Waals surface area (Å²) in [5.41, 5.74) is 4.82. The highest BCUT2D eigenvalue weighted by Gasteiger charge is 2.06. The van der Waals surface area contributed by atoms with E-state index in [1.165, 1.54) is 22.2 Å². The first-order chi connectivity index (χ1) is 9.38. The molecule has 1 heterocycles. The standard InChI is InChI=1S/C18H17N/c1-2-8-15-13-17(14-9-4-3-5-10-14)16-11-6-7-12-18(16)19-15/h3-7,9-13H,2,8H2,1H3. The second-order valence-electron chi connectivity index (χ2n) is 4.79. The number of hydrogen-bond donors (Lipinski definition) is 0. The Balaban J connectivity index is 2.26. The second kappa shape index (κ2) is 5.23. The summed E-state index contributed by atoms with van der Waals surface area (Å²) in [4.78, 5) is 4.75. The molecule has 0 amide bonds. The van der Waals surface area contributed by atoms with E-state index in [0.29, 0.717) is 0 Å². The van der Waals surface area contributed by atoms with Gasteiger partial charge < -0.3 is 0 Å². The maximum Gasteiger partial charge on any atom is 0.0711 e. The molecule has 0 unspecified atom stereocenters. The zero-order chi connectivity index (χ0) is 13.1. The smallest absolute Gasteiger partial charge is 0.0711 e. The second-order valence-corrected chi connectivity index (χ2v) is 4.79. The van der Waals surface area contributed by atoms with Crippen molar-refractivity contribution in [3.63, 3.8) is 0 Å². The number of para-hydroxylation sites is 1. The first kappa shape index (κ1) is 11.9. The minimum atomic E-state index is 1.03. The molecule has 1 heteroatoms. The number of pyridine rings is 1. The van der Waals surface area contributed by atoms with Gasteiger partial charge in [-0.05, 0) is 29.7 Å². The topological polar surface area (TPSA) is 12.9 Å². The summed E-state index contributed by atoms with van der Waals surface area (Å²) in [5.74, 6) is 0. The normalized spacial score (nSPS) is 10.8. The van der Waals surface area contributed by atoms with E-state index < -0.39 is 0 Å². The van der Waals surface area contributed by atoms with Gasteiger partial charge in [0, 0.05) is 11.1 Å². The van der Waals surface area contributed by atoms with E-state index in [1.54, 1.807) is 0 Å². The predicted molar refractivity (Wildman–Crippen MR) is 81.2 cm³/mol. The van der Waals surface area contributed by atoms with Crippen LogP contribution < -0.4 is 0 Å². The Hall–Kier alpha value is -2.15. The highest BCUT2D eigenvalue weighted by Crippen LogP contribution is 2.28. The van der Waals surface area contributed by atoms with Gasteiger partial charge in [-0.2, -0.15) is 0 Å². The average Bonchev–Trinajstić information content (AvgIpc) is 2.48. The first-order valence-electron chi connectivity index (χ1n) is 6.82. The summed E-state index contributed by atoms with van der Waals surface area (Å²) in [6.45, 7) is 2.19. The van der Waals surface area contributed by atoms with Crippen LogP contribution in [0.4, 0.5) is 0 Å². The van der Waals surface area contributed by atoms with E-state index in [1.807, 2.05) is 0 Å². The van der Waals surface area contributed by atoms with Gasteiger partial charge in [0.15, 0.2) is 0 Å². The molecule has 1 nitrogen and oxygen atoms in total. The molecule has 0 spiro atoms. The number of fused-ring (bicyclic) bond motifs is 1. The number of nitrogens with zero attached hydrogens (tertiary/aromatic N) is 1. The molecule has 0 saturated carbocycles. The fourth-order valence-electron chi connectivity index (χ4n) is 2.47. The Morgan fingerprint density at radius 2 is 1.63 bits per heavy atom. The van der Waals surface area contributed by atoms with Crippen LogP contribution in [0, 0.1) is 0 Å². The average molecular weight is 247 g/mol. The molecule has 2 aromatic carbocycles. The van der Waals surface area contributed by atoms with Crippen molar-refractivity contribution in [1.82, 2.24) is 4.98 Å². The van der Waals surface area contributed by atoms with Crippen LogP contribution in [0.3, 0.4) is 0 Å². The Morgan fingerprint density at radius 1 is 0.895 bits per heavy atom. The van der Waals surface area contributed by atoms with Crippen molar-refractivity contribution >= 4 is 10.9 Å². The van der Waals surface area contributed by atoms with Crippen LogP contribution in [0.2, 0.25) is 0 Å². The predicted octanol–water partition coefficient (Wildman–Crippen LogP) is 4.85. The number of benzene rings is 2. The summed E-state index contributed by atoms with van der Waals surface area (Å²) in [7, 11) is 0. The molecule has 1 aromatic heterocycles. The summed E-state index contributed by atoms with van der Waals surface area (Å²) < 4.78 is 0. The zero-order valence-corrected chi connectivity index (χ0v) is 11.1. The van der Waals surface area contributed by atoms with Gasteiger partial charge in [0.2, 0.25) is 0 Å². The van der Waals surface area contributed by atoms with Crippen LogP contribution in [0.25, 0.3) is 22.0 Å². The third-order valence-corrected chi connectivity index (χ3v) is 3.36. The van der Waals surface area contributed by atoms with Gasteiger partial charge in [0.25, 0.3) is 0 Å². The van der Waals surface area contributed by atoms with Gasteiger partial charge in [-0.25, -0.2) is 0 Å². The minimum absolute atomic E-state index is 1.03. The van der Waals surface area contributed by atoms with Crippen molar-refractivity contribution in [2.75, 3.05) is 0 Å². The molecule has 0 aliphatic heterocycles. The molecule has 94 valence electrons. The SMILES string of the molecule is CCCc1cc(-c2ccccc2)c2ccccc2n1. The van der Waals surface area contributed by atoms with Gasteiger partial charge in [0.05, 0.1) is 5.52 Å². The van der Waals surface area contributed by atoms with Gasteiger partial charge in [-0.1, -0.05) is 61.9 Å². The van der Waals surface area contributed by atoms with E-state index in [-0.39, 0.29) is 0 Å². The lowest BCUT2D eigenvalue weighted by atomic mass is 9.99. The van der Waals surface area contributed by atoms with E-state index in [2.05, 4.69) is 67.6 Å². The fourth-order valence-corrected chi connectivity index (χ4v) is 2.47. The van der Waals surface area contributed by atoms with Crippen molar-refractivity contribution in [2.45, 2.75) is 19.8 Å². The molecule has 0 radical (unpaired) electrons. The van der Waals surface area contributed by atoms with E-state index >= 15 is 0 Å². The Morgan fingerprint density at radius 3 is 2.42 bits per heavy atom. The lowest BCUT2D eigenvalue weighted by Gasteiger charge is -2.09.